The number of hydrogen-bond acceptors (Lipinski definition) is 4. The van der Waals surface area contributed by atoms with E-state index in [0.717, 1.165) is 12.8 Å². The fraction of sp³-hybridized carbons (Fsp3) is 0.667. The molecule has 0 bridgehead atoms. The molecule has 0 radical (unpaired) electrons. The lowest BCUT2D eigenvalue weighted by molar-refractivity contribution is 0.0343. The number of methoxy groups -OCH3 is 1. The van der Waals surface area contributed by atoms with Crippen molar-refractivity contribution < 1.29 is 4.74 Å². The summed E-state index contributed by atoms with van der Waals surface area (Å²) < 4.78 is 7.05. The van der Waals surface area contributed by atoms with Crippen molar-refractivity contribution in [2.75, 3.05) is 19.0 Å². The molecule has 0 amide bonds. The van der Waals surface area contributed by atoms with Crippen LogP contribution in [0.25, 0.3) is 0 Å². The zero-order valence-corrected chi connectivity index (χ0v) is 10.6. The summed E-state index contributed by atoms with van der Waals surface area (Å²) in [6.45, 7) is 4.48. The van der Waals surface area contributed by atoms with Gasteiger partial charge in [-0.15, -0.1) is 0 Å². The van der Waals surface area contributed by atoms with E-state index in [9.17, 15) is 4.79 Å². The first-order chi connectivity index (χ1) is 8.03. The molecule has 1 aliphatic carbocycles. The first-order valence-electron chi connectivity index (χ1n) is 5.90. The van der Waals surface area contributed by atoms with Gasteiger partial charge in [0.2, 0.25) is 0 Å². The number of ether oxygens (including phenoxy) is 1. The second-order valence-corrected chi connectivity index (χ2v) is 5.04. The summed E-state index contributed by atoms with van der Waals surface area (Å²) >= 11 is 0. The summed E-state index contributed by atoms with van der Waals surface area (Å²) in [6, 6.07) is 0.376. The van der Waals surface area contributed by atoms with Gasteiger partial charge in [0, 0.05) is 32.1 Å². The lowest BCUT2D eigenvalue weighted by Crippen LogP contribution is -2.34. The maximum absolute atomic E-state index is 12.1. The van der Waals surface area contributed by atoms with Crippen LogP contribution in [0.3, 0.4) is 0 Å². The van der Waals surface area contributed by atoms with Gasteiger partial charge in [-0.2, -0.15) is 0 Å². The van der Waals surface area contributed by atoms with E-state index in [1.807, 2.05) is 13.8 Å². The molecule has 0 spiro atoms. The minimum atomic E-state index is -0.311. The maximum atomic E-state index is 12.1. The zero-order valence-electron chi connectivity index (χ0n) is 10.6. The van der Waals surface area contributed by atoms with Crippen LogP contribution in [0.5, 0.6) is 0 Å². The Kier molecular flexibility index (Phi) is 3.19. The number of anilines is 1. The highest BCUT2D eigenvalue weighted by atomic mass is 16.5. The standard InChI is InChI=1S/C12H19N3O2/c1-12(2,17-3)8-14-10-11(16)15(7-6-13-10)9-4-5-9/h6-7,9H,4-5,8H2,1-3H3,(H,13,14). The second kappa shape index (κ2) is 4.49. The van der Waals surface area contributed by atoms with Gasteiger partial charge in [-0.25, -0.2) is 4.98 Å². The Morgan fingerprint density at radius 1 is 1.59 bits per heavy atom. The van der Waals surface area contributed by atoms with Gasteiger partial charge < -0.3 is 14.6 Å². The molecule has 0 aliphatic heterocycles. The van der Waals surface area contributed by atoms with Crippen LogP contribution in [0.15, 0.2) is 17.2 Å². The molecule has 0 saturated heterocycles. The monoisotopic (exact) mass is 237 g/mol. The first kappa shape index (κ1) is 12.1. The van der Waals surface area contributed by atoms with Gasteiger partial charge in [-0.05, 0) is 26.7 Å². The highest BCUT2D eigenvalue weighted by Crippen LogP contribution is 2.33. The number of hydrogen-bond donors (Lipinski definition) is 1. The Morgan fingerprint density at radius 3 is 2.88 bits per heavy atom. The van der Waals surface area contributed by atoms with Gasteiger partial charge in [0.25, 0.3) is 5.56 Å². The van der Waals surface area contributed by atoms with Crippen LogP contribution >= 0.6 is 0 Å². The van der Waals surface area contributed by atoms with E-state index in [-0.39, 0.29) is 11.2 Å². The van der Waals surface area contributed by atoms with E-state index >= 15 is 0 Å². The summed E-state index contributed by atoms with van der Waals surface area (Å²) in [4.78, 5) is 16.1. The summed E-state index contributed by atoms with van der Waals surface area (Å²) in [5.74, 6) is 0.407. The van der Waals surface area contributed by atoms with Crippen LogP contribution < -0.4 is 10.9 Å². The van der Waals surface area contributed by atoms with Crippen molar-refractivity contribution >= 4 is 5.82 Å². The highest BCUT2D eigenvalue weighted by Gasteiger charge is 2.25. The van der Waals surface area contributed by atoms with E-state index in [1.165, 1.54) is 0 Å². The fourth-order valence-corrected chi connectivity index (χ4v) is 1.56. The molecular formula is C12H19N3O2. The number of nitrogens with zero attached hydrogens (tertiary/aromatic N) is 2. The molecule has 5 heteroatoms. The molecule has 1 saturated carbocycles. The summed E-state index contributed by atoms with van der Waals surface area (Å²) in [5, 5.41) is 3.06. The van der Waals surface area contributed by atoms with Crippen LogP contribution in [0, 0.1) is 0 Å². The Bertz CT molecular complexity index is 449. The molecule has 1 N–H and O–H groups in total. The van der Waals surface area contributed by atoms with E-state index in [2.05, 4.69) is 10.3 Å². The minimum absolute atomic E-state index is 0.0399. The third-order valence-electron chi connectivity index (χ3n) is 3.04. The Balaban J connectivity index is 2.11. The van der Waals surface area contributed by atoms with Gasteiger partial charge in [-0.1, -0.05) is 0 Å². The third kappa shape index (κ3) is 2.85. The highest BCUT2D eigenvalue weighted by molar-refractivity contribution is 5.31. The average Bonchev–Trinajstić information content (AvgIpc) is 3.12. The number of rotatable bonds is 5. The van der Waals surface area contributed by atoms with E-state index in [4.69, 9.17) is 4.74 Å². The smallest absolute Gasteiger partial charge is 0.293 e. The molecular weight excluding hydrogens is 218 g/mol. The molecule has 5 nitrogen and oxygen atoms in total. The van der Waals surface area contributed by atoms with E-state index in [0.29, 0.717) is 18.4 Å². The first-order valence-corrected chi connectivity index (χ1v) is 5.90. The zero-order chi connectivity index (χ0) is 12.5. The van der Waals surface area contributed by atoms with Crippen molar-refractivity contribution in [3.63, 3.8) is 0 Å². The molecule has 1 heterocycles. The molecule has 1 fully saturated rings. The molecule has 0 unspecified atom stereocenters. The molecule has 17 heavy (non-hydrogen) atoms. The predicted molar refractivity (Wildman–Crippen MR) is 66.3 cm³/mol. The van der Waals surface area contributed by atoms with Crippen molar-refractivity contribution in [3.05, 3.63) is 22.7 Å². The molecule has 1 aromatic heterocycles. The van der Waals surface area contributed by atoms with Gasteiger partial charge in [0.05, 0.1) is 5.60 Å². The van der Waals surface area contributed by atoms with Gasteiger partial charge in [0.15, 0.2) is 5.82 Å². The van der Waals surface area contributed by atoms with Crippen LogP contribution in [-0.2, 0) is 4.74 Å². The molecule has 94 valence electrons. The quantitative estimate of drug-likeness (QED) is 0.841. The van der Waals surface area contributed by atoms with Crippen LogP contribution in [0.2, 0.25) is 0 Å². The topological polar surface area (TPSA) is 56.1 Å². The Labute approximate surface area is 101 Å². The van der Waals surface area contributed by atoms with Crippen molar-refractivity contribution in [1.82, 2.24) is 9.55 Å². The maximum Gasteiger partial charge on any atom is 0.293 e. The minimum Gasteiger partial charge on any atom is -0.377 e. The van der Waals surface area contributed by atoms with Crippen LogP contribution in [0.1, 0.15) is 32.7 Å². The molecule has 0 atom stereocenters. The van der Waals surface area contributed by atoms with Gasteiger partial charge in [-0.3, -0.25) is 4.79 Å². The SMILES string of the molecule is COC(C)(C)CNc1nccn(C2CC2)c1=O. The fourth-order valence-electron chi connectivity index (χ4n) is 1.56. The lowest BCUT2D eigenvalue weighted by atomic mass is 10.1. The molecule has 1 aliphatic rings. The van der Waals surface area contributed by atoms with Crippen molar-refractivity contribution in [3.8, 4) is 0 Å². The summed E-state index contributed by atoms with van der Waals surface area (Å²) in [5.41, 5.74) is -0.351. The van der Waals surface area contributed by atoms with Crippen molar-refractivity contribution in [2.24, 2.45) is 0 Å². The van der Waals surface area contributed by atoms with E-state index < -0.39 is 0 Å². The normalized spacial score (nSPS) is 15.9. The lowest BCUT2D eigenvalue weighted by Gasteiger charge is -2.23. The molecule has 1 aromatic rings. The Hall–Kier alpha value is -1.36. The largest absolute Gasteiger partial charge is 0.377 e. The summed E-state index contributed by atoms with van der Waals surface area (Å²) in [6.07, 6.45) is 5.61. The molecule has 2 rings (SSSR count). The number of aromatic nitrogens is 2. The molecule has 0 aromatic carbocycles. The predicted octanol–water partition coefficient (Wildman–Crippen LogP) is 1.42. The summed E-state index contributed by atoms with van der Waals surface area (Å²) in [7, 11) is 1.66. The number of nitrogens with one attached hydrogen (secondary N) is 1. The van der Waals surface area contributed by atoms with Gasteiger partial charge >= 0.3 is 0 Å². The third-order valence-corrected chi connectivity index (χ3v) is 3.04. The average molecular weight is 237 g/mol. The van der Waals surface area contributed by atoms with Crippen molar-refractivity contribution in [2.45, 2.75) is 38.3 Å². The van der Waals surface area contributed by atoms with Crippen LogP contribution in [0.4, 0.5) is 5.82 Å². The van der Waals surface area contributed by atoms with Gasteiger partial charge in [0.1, 0.15) is 0 Å². The Morgan fingerprint density at radius 2 is 2.29 bits per heavy atom. The van der Waals surface area contributed by atoms with Crippen LogP contribution in [-0.4, -0.2) is 28.8 Å². The van der Waals surface area contributed by atoms with Crippen molar-refractivity contribution in [1.29, 1.82) is 0 Å². The van der Waals surface area contributed by atoms with E-state index in [1.54, 1.807) is 24.1 Å². The second-order valence-electron chi connectivity index (χ2n) is 5.04.